The highest BCUT2D eigenvalue weighted by atomic mass is 35.5. The monoisotopic (exact) mass is 454 g/mol. The number of hydrogen-bond acceptors (Lipinski definition) is 5. The first-order valence-electron chi connectivity index (χ1n) is 8.60. The number of nitrogens with zero attached hydrogens (tertiary/aromatic N) is 3. The fraction of sp³-hybridized carbons (Fsp3) is 0.158. The van der Waals surface area contributed by atoms with E-state index in [0.29, 0.717) is 10.4 Å². The van der Waals surface area contributed by atoms with Crippen LogP contribution < -0.4 is 10.1 Å². The van der Waals surface area contributed by atoms with E-state index in [4.69, 9.17) is 16.3 Å². The summed E-state index contributed by atoms with van der Waals surface area (Å²) in [6, 6.07) is 10.4. The van der Waals surface area contributed by atoms with E-state index in [-0.39, 0.29) is 11.4 Å². The number of carbonyl (C=O) groups is 1. The maximum atomic E-state index is 13.0. The Bertz CT molecular complexity index is 1180. The summed E-state index contributed by atoms with van der Waals surface area (Å²) in [6.07, 6.45) is -4.85. The molecule has 162 valence electrons. The van der Waals surface area contributed by atoms with Gasteiger partial charge < -0.3 is 10.1 Å². The zero-order chi connectivity index (χ0) is 22.9. The van der Waals surface area contributed by atoms with Crippen molar-refractivity contribution in [1.29, 1.82) is 0 Å². The number of alkyl halides is 3. The number of rotatable bonds is 5. The van der Waals surface area contributed by atoms with Gasteiger partial charge in [-0.2, -0.15) is 18.3 Å². The quantitative estimate of drug-likeness (QED) is 0.413. The van der Waals surface area contributed by atoms with Crippen LogP contribution in [-0.4, -0.2) is 20.6 Å². The van der Waals surface area contributed by atoms with Crippen molar-refractivity contribution in [3.8, 4) is 11.5 Å². The number of nitro groups is 1. The number of hydrogen-bond donors (Lipinski definition) is 1. The first-order chi connectivity index (χ1) is 14.5. The maximum absolute atomic E-state index is 13.0. The average Bonchev–Trinajstić information content (AvgIpc) is 2.96. The van der Waals surface area contributed by atoms with Gasteiger partial charge in [-0.15, -0.1) is 0 Å². The molecule has 0 aliphatic rings. The van der Waals surface area contributed by atoms with E-state index in [1.54, 1.807) is 18.2 Å². The number of nitro benzene ring substituents is 1. The van der Waals surface area contributed by atoms with Crippen molar-refractivity contribution in [1.82, 2.24) is 9.78 Å². The second kappa shape index (κ2) is 8.26. The Morgan fingerprint density at radius 1 is 1.23 bits per heavy atom. The Morgan fingerprint density at radius 2 is 1.94 bits per heavy atom. The highest BCUT2D eigenvalue weighted by molar-refractivity contribution is 6.34. The summed E-state index contributed by atoms with van der Waals surface area (Å²) in [5.74, 6) is -0.582. The summed E-state index contributed by atoms with van der Waals surface area (Å²) in [6.45, 7) is 1.83. The molecule has 0 atom stereocenters. The van der Waals surface area contributed by atoms with Crippen molar-refractivity contribution in [3.63, 3.8) is 0 Å². The minimum atomic E-state index is -4.85. The molecule has 0 aliphatic carbocycles. The molecule has 1 amide bonds. The lowest BCUT2D eigenvalue weighted by Crippen LogP contribution is -2.16. The lowest BCUT2D eigenvalue weighted by molar-refractivity contribution is -0.384. The molecule has 1 heterocycles. The molecule has 1 N–H and O–H groups in total. The summed E-state index contributed by atoms with van der Waals surface area (Å²) in [7, 11) is 1.12. The van der Waals surface area contributed by atoms with Gasteiger partial charge in [-0.1, -0.05) is 23.7 Å². The van der Waals surface area contributed by atoms with Gasteiger partial charge in [0.25, 0.3) is 11.6 Å². The normalized spacial score (nSPS) is 11.3. The Kier molecular flexibility index (Phi) is 5.89. The summed E-state index contributed by atoms with van der Waals surface area (Å²) in [4.78, 5) is 23.1. The van der Waals surface area contributed by atoms with Crippen LogP contribution in [0.4, 0.5) is 24.5 Å². The third kappa shape index (κ3) is 4.94. The molecule has 0 saturated carbocycles. The molecule has 0 unspecified atom stereocenters. The molecule has 0 bridgehead atoms. The summed E-state index contributed by atoms with van der Waals surface area (Å²) < 4.78 is 45.2. The number of benzene rings is 2. The third-order valence-electron chi connectivity index (χ3n) is 4.06. The van der Waals surface area contributed by atoms with Gasteiger partial charge in [-0.3, -0.25) is 19.6 Å². The van der Waals surface area contributed by atoms with E-state index in [1.807, 2.05) is 13.0 Å². The topological polar surface area (TPSA) is 99.3 Å². The van der Waals surface area contributed by atoms with Crippen molar-refractivity contribution in [3.05, 3.63) is 74.6 Å². The molecule has 31 heavy (non-hydrogen) atoms. The first kappa shape index (κ1) is 22.1. The molecule has 2 aromatic carbocycles. The van der Waals surface area contributed by atoms with Crippen LogP contribution in [0.3, 0.4) is 0 Å². The zero-order valence-electron chi connectivity index (χ0n) is 16.0. The number of amides is 1. The molecule has 3 rings (SSSR count). The predicted molar refractivity (Wildman–Crippen MR) is 106 cm³/mol. The van der Waals surface area contributed by atoms with Crippen molar-refractivity contribution < 1.29 is 27.6 Å². The standard InChI is InChI=1S/C19H14ClF3N4O4/c1-10-4-3-5-13(6-10)31-14-8-11(7-12(9-14)27(29)30)24-18(28)16-15(20)17(19(21,22)23)25-26(16)2/h3-9H,1-2H3,(H,24,28). The predicted octanol–water partition coefficient (Wildman–Crippen LogP) is 5.35. The van der Waals surface area contributed by atoms with Gasteiger partial charge >= 0.3 is 6.18 Å². The molecular formula is C19H14ClF3N4O4. The Hall–Kier alpha value is -3.60. The molecular weight excluding hydrogens is 441 g/mol. The molecule has 0 spiro atoms. The molecule has 8 nitrogen and oxygen atoms in total. The van der Waals surface area contributed by atoms with Crippen LogP contribution >= 0.6 is 11.6 Å². The molecule has 1 aromatic heterocycles. The van der Waals surface area contributed by atoms with E-state index in [1.165, 1.54) is 6.07 Å². The lowest BCUT2D eigenvalue weighted by Gasteiger charge is -2.10. The van der Waals surface area contributed by atoms with Gasteiger partial charge in [-0.25, -0.2) is 0 Å². The highest BCUT2D eigenvalue weighted by Crippen LogP contribution is 2.36. The molecule has 0 fully saturated rings. The highest BCUT2D eigenvalue weighted by Gasteiger charge is 2.39. The fourth-order valence-corrected chi connectivity index (χ4v) is 3.10. The molecule has 12 heteroatoms. The molecule has 3 aromatic rings. The number of aryl methyl sites for hydroxylation is 2. The largest absolute Gasteiger partial charge is 0.457 e. The van der Waals surface area contributed by atoms with Crippen molar-refractivity contribution in [2.75, 3.05) is 5.32 Å². The van der Waals surface area contributed by atoms with Crippen LogP contribution in [0.5, 0.6) is 11.5 Å². The number of non-ortho nitro benzene ring substituents is 1. The Morgan fingerprint density at radius 3 is 2.52 bits per heavy atom. The smallest absolute Gasteiger partial charge is 0.436 e. The van der Waals surface area contributed by atoms with Gasteiger partial charge in [0.1, 0.15) is 22.2 Å². The third-order valence-corrected chi connectivity index (χ3v) is 4.42. The fourth-order valence-electron chi connectivity index (χ4n) is 2.75. The molecule has 0 aliphatic heterocycles. The van der Waals surface area contributed by atoms with Gasteiger partial charge in [0.2, 0.25) is 0 Å². The van der Waals surface area contributed by atoms with Crippen molar-refractivity contribution in [2.24, 2.45) is 7.05 Å². The second-order valence-electron chi connectivity index (χ2n) is 6.48. The Balaban J connectivity index is 1.94. The minimum Gasteiger partial charge on any atom is -0.457 e. The number of carbonyl (C=O) groups excluding carboxylic acids is 1. The first-order valence-corrected chi connectivity index (χ1v) is 8.98. The van der Waals surface area contributed by atoms with Crippen LogP contribution in [0.15, 0.2) is 42.5 Å². The summed E-state index contributed by atoms with van der Waals surface area (Å²) in [5.41, 5.74) is -1.55. The zero-order valence-corrected chi connectivity index (χ0v) is 16.8. The van der Waals surface area contributed by atoms with Gasteiger partial charge in [0.15, 0.2) is 5.69 Å². The van der Waals surface area contributed by atoms with Gasteiger partial charge in [0.05, 0.1) is 16.7 Å². The van der Waals surface area contributed by atoms with Crippen LogP contribution in [0.25, 0.3) is 0 Å². The number of aromatic nitrogens is 2. The van der Waals surface area contributed by atoms with E-state index in [2.05, 4.69) is 10.4 Å². The van der Waals surface area contributed by atoms with Crippen LogP contribution in [-0.2, 0) is 13.2 Å². The second-order valence-corrected chi connectivity index (χ2v) is 6.86. The number of ether oxygens (including phenoxy) is 1. The minimum absolute atomic E-state index is 0.0437. The van der Waals surface area contributed by atoms with Gasteiger partial charge in [-0.05, 0) is 24.6 Å². The van der Waals surface area contributed by atoms with Gasteiger partial charge in [0, 0.05) is 19.2 Å². The van der Waals surface area contributed by atoms with Crippen LogP contribution in [0.1, 0.15) is 21.7 Å². The van der Waals surface area contributed by atoms with E-state index in [0.717, 1.165) is 24.7 Å². The number of anilines is 1. The van der Waals surface area contributed by atoms with Crippen molar-refractivity contribution >= 4 is 28.9 Å². The summed E-state index contributed by atoms with van der Waals surface area (Å²) >= 11 is 5.71. The number of halogens is 4. The molecule has 0 radical (unpaired) electrons. The SMILES string of the molecule is Cc1cccc(Oc2cc(NC(=O)c3c(Cl)c(C(F)(F)F)nn3C)cc([N+](=O)[O-])c2)c1. The van der Waals surface area contributed by atoms with E-state index < -0.39 is 39.1 Å². The molecule has 0 saturated heterocycles. The maximum Gasteiger partial charge on any atom is 0.436 e. The average molecular weight is 455 g/mol. The van der Waals surface area contributed by atoms with Crippen LogP contribution in [0, 0.1) is 17.0 Å². The van der Waals surface area contributed by atoms with E-state index in [9.17, 15) is 28.1 Å². The lowest BCUT2D eigenvalue weighted by atomic mass is 10.2. The van der Waals surface area contributed by atoms with Crippen molar-refractivity contribution in [2.45, 2.75) is 13.1 Å². The Labute approximate surface area is 178 Å². The number of nitrogens with one attached hydrogen (secondary N) is 1. The van der Waals surface area contributed by atoms with E-state index >= 15 is 0 Å². The van der Waals surface area contributed by atoms with Crippen LogP contribution in [0.2, 0.25) is 5.02 Å². The summed E-state index contributed by atoms with van der Waals surface area (Å²) in [5, 5.41) is 15.9.